The van der Waals surface area contributed by atoms with Gasteiger partial charge in [-0.2, -0.15) is 0 Å². The van der Waals surface area contributed by atoms with Crippen LogP contribution in [0.2, 0.25) is 0 Å². The SMILES string of the molecule is CCNC(=NCc1cc(-c2ccccc2)on1)NCC1(C)CCCO1.I. The van der Waals surface area contributed by atoms with Gasteiger partial charge in [-0.25, -0.2) is 4.99 Å². The smallest absolute Gasteiger partial charge is 0.191 e. The monoisotopic (exact) mass is 470 g/mol. The van der Waals surface area contributed by atoms with Crippen molar-refractivity contribution in [2.24, 2.45) is 4.99 Å². The van der Waals surface area contributed by atoms with Crippen LogP contribution in [0.25, 0.3) is 11.3 Å². The van der Waals surface area contributed by atoms with Gasteiger partial charge in [0.25, 0.3) is 0 Å². The highest BCUT2D eigenvalue weighted by atomic mass is 127. The first kappa shape index (κ1) is 20.7. The molecule has 2 N–H and O–H groups in total. The summed E-state index contributed by atoms with van der Waals surface area (Å²) >= 11 is 0. The van der Waals surface area contributed by atoms with Crippen molar-refractivity contribution in [2.75, 3.05) is 19.7 Å². The third-order valence-corrected chi connectivity index (χ3v) is 4.29. The Hall–Kier alpha value is -1.61. The Morgan fingerprint density at radius 2 is 2.08 bits per heavy atom. The van der Waals surface area contributed by atoms with E-state index in [1.807, 2.05) is 36.4 Å². The molecule has 7 heteroatoms. The van der Waals surface area contributed by atoms with Crippen LogP contribution in [0.4, 0.5) is 0 Å². The predicted molar refractivity (Wildman–Crippen MR) is 114 cm³/mol. The Kier molecular flexibility index (Phi) is 7.89. The number of aliphatic imine (C=N–C) groups is 1. The number of benzene rings is 1. The number of guanidine groups is 1. The van der Waals surface area contributed by atoms with E-state index in [9.17, 15) is 0 Å². The number of rotatable bonds is 6. The summed E-state index contributed by atoms with van der Waals surface area (Å²) in [5.74, 6) is 1.53. The maximum Gasteiger partial charge on any atom is 0.191 e. The highest BCUT2D eigenvalue weighted by molar-refractivity contribution is 14.0. The van der Waals surface area contributed by atoms with Gasteiger partial charge in [0.15, 0.2) is 11.7 Å². The number of hydrogen-bond donors (Lipinski definition) is 2. The molecule has 3 rings (SSSR count). The van der Waals surface area contributed by atoms with Gasteiger partial charge in [-0.3, -0.25) is 0 Å². The molecule has 1 atom stereocenters. The fourth-order valence-electron chi connectivity index (χ4n) is 2.87. The van der Waals surface area contributed by atoms with E-state index < -0.39 is 0 Å². The molecule has 0 bridgehead atoms. The highest BCUT2D eigenvalue weighted by Gasteiger charge is 2.29. The zero-order valence-corrected chi connectivity index (χ0v) is 17.7. The van der Waals surface area contributed by atoms with E-state index in [1.165, 1.54) is 0 Å². The summed E-state index contributed by atoms with van der Waals surface area (Å²) in [5, 5.41) is 10.7. The second kappa shape index (κ2) is 9.91. The standard InChI is InChI=1S/C19H26N4O2.HI/c1-3-20-18(22-14-19(2)10-7-11-24-19)21-13-16-12-17(25-23-16)15-8-5-4-6-9-15;/h4-6,8-9,12H,3,7,10-11,13-14H2,1-2H3,(H2,20,21,22);1H. The van der Waals surface area contributed by atoms with Crippen LogP contribution in [0.5, 0.6) is 0 Å². The van der Waals surface area contributed by atoms with E-state index in [0.29, 0.717) is 6.54 Å². The molecule has 0 amide bonds. The molecule has 0 aliphatic carbocycles. The summed E-state index contributed by atoms with van der Waals surface area (Å²) in [4.78, 5) is 4.60. The first-order chi connectivity index (χ1) is 12.2. The first-order valence-electron chi connectivity index (χ1n) is 8.86. The topological polar surface area (TPSA) is 71.7 Å². The van der Waals surface area contributed by atoms with Crippen molar-refractivity contribution in [1.29, 1.82) is 0 Å². The third kappa shape index (κ3) is 5.70. The van der Waals surface area contributed by atoms with Gasteiger partial charge in [0.1, 0.15) is 5.69 Å². The normalized spacial score (nSPS) is 19.8. The van der Waals surface area contributed by atoms with Crippen molar-refractivity contribution in [2.45, 2.75) is 38.8 Å². The van der Waals surface area contributed by atoms with Crippen LogP contribution < -0.4 is 10.6 Å². The van der Waals surface area contributed by atoms with Gasteiger partial charge >= 0.3 is 0 Å². The third-order valence-electron chi connectivity index (χ3n) is 4.29. The molecule has 142 valence electrons. The Morgan fingerprint density at radius 1 is 1.27 bits per heavy atom. The second-order valence-electron chi connectivity index (χ2n) is 6.50. The number of ether oxygens (including phenoxy) is 1. The molecule has 26 heavy (non-hydrogen) atoms. The second-order valence-corrected chi connectivity index (χ2v) is 6.50. The number of aromatic nitrogens is 1. The lowest BCUT2D eigenvalue weighted by atomic mass is 10.0. The molecule has 1 unspecified atom stereocenters. The zero-order chi connectivity index (χ0) is 17.5. The predicted octanol–water partition coefficient (Wildman–Crippen LogP) is 3.58. The van der Waals surface area contributed by atoms with Gasteiger partial charge in [0.2, 0.25) is 0 Å². The van der Waals surface area contributed by atoms with Crippen LogP contribution in [0.1, 0.15) is 32.4 Å². The lowest BCUT2D eigenvalue weighted by molar-refractivity contribution is 0.0243. The quantitative estimate of drug-likeness (QED) is 0.384. The number of nitrogens with one attached hydrogen (secondary N) is 2. The van der Waals surface area contributed by atoms with E-state index in [2.05, 4.69) is 34.6 Å². The largest absolute Gasteiger partial charge is 0.373 e. The van der Waals surface area contributed by atoms with Gasteiger partial charge in [-0.1, -0.05) is 35.5 Å². The molecule has 2 heterocycles. The van der Waals surface area contributed by atoms with Crippen molar-refractivity contribution in [3.63, 3.8) is 0 Å². The van der Waals surface area contributed by atoms with E-state index in [4.69, 9.17) is 9.26 Å². The lowest BCUT2D eigenvalue weighted by Crippen LogP contribution is -2.45. The van der Waals surface area contributed by atoms with Gasteiger partial charge in [-0.05, 0) is 26.7 Å². The molecular weight excluding hydrogens is 443 g/mol. The van der Waals surface area contributed by atoms with Gasteiger partial charge in [0.05, 0.1) is 12.1 Å². The first-order valence-corrected chi connectivity index (χ1v) is 8.86. The molecule has 1 saturated heterocycles. The van der Waals surface area contributed by atoms with Crippen LogP contribution in [0.3, 0.4) is 0 Å². The van der Waals surface area contributed by atoms with Crippen molar-refractivity contribution in [3.8, 4) is 11.3 Å². The van der Waals surface area contributed by atoms with Crippen molar-refractivity contribution < 1.29 is 9.26 Å². The summed E-state index contributed by atoms with van der Waals surface area (Å²) in [5.41, 5.74) is 1.71. The summed E-state index contributed by atoms with van der Waals surface area (Å²) in [6.45, 7) is 7.04. The van der Waals surface area contributed by atoms with Crippen molar-refractivity contribution in [3.05, 3.63) is 42.1 Å². The van der Waals surface area contributed by atoms with E-state index in [1.54, 1.807) is 0 Å². The summed E-state index contributed by atoms with van der Waals surface area (Å²) < 4.78 is 11.2. The minimum Gasteiger partial charge on any atom is -0.373 e. The van der Waals surface area contributed by atoms with E-state index in [0.717, 1.165) is 55.5 Å². The fourth-order valence-corrected chi connectivity index (χ4v) is 2.87. The maximum atomic E-state index is 5.81. The van der Waals surface area contributed by atoms with Crippen LogP contribution in [-0.4, -0.2) is 36.4 Å². The fraction of sp³-hybridized carbons (Fsp3) is 0.474. The van der Waals surface area contributed by atoms with Gasteiger partial charge < -0.3 is 19.9 Å². The Morgan fingerprint density at radius 3 is 2.77 bits per heavy atom. The minimum atomic E-state index is -0.107. The number of halogens is 1. The highest BCUT2D eigenvalue weighted by Crippen LogP contribution is 2.24. The molecule has 1 aliphatic rings. The molecule has 2 aromatic rings. The van der Waals surface area contributed by atoms with Crippen molar-refractivity contribution >= 4 is 29.9 Å². The van der Waals surface area contributed by atoms with Crippen LogP contribution in [-0.2, 0) is 11.3 Å². The Labute approximate surface area is 171 Å². The Bertz CT molecular complexity index is 697. The molecule has 0 saturated carbocycles. The molecule has 0 spiro atoms. The van der Waals surface area contributed by atoms with Gasteiger partial charge in [0, 0.05) is 31.3 Å². The number of nitrogens with zero attached hydrogens (tertiary/aromatic N) is 2. The lowest BCUT2D eigenvalue weighted by Gasteiger charge is -2.24. The molecular formula is C19H27IN4O2. The molecule has 1 aromatic heterocycles. The average molecular weight is 470 g/mol. The molecule has 1 aliphatic heterocycles. The van der Waals surface area contributed by atoms with Crippen LogP contribution in [0, 0.1) is 0 Å². The van der Waals surface area contributed by atoms with Crippen LogP contribution >= 0.6 is 24.0 Å². The summed E-state index contributed by atoms with van der Waals surface area (Å²) in [6, 6.07) is 11.9. The van der Waals surface area contributed by atoms with E-state index in [-0.39, 0.29) is 29.6 Å². The summed E-state index contributed by atoms with van der Waals surface area (Å²) in [7, 11) is 0. The van der Waals surface area contributed by atoms with Gasteiger partial charge in [-0.15, -0.1) is 24.0 Å². The van der Waals surface area contributed by atoms with Crippen LogP contribution in [0.15, 0.2) is 45.9 Å². The molecule has 1 aromatic carbocycles. The zero-order valence-electron chi connectivity index (χ0n) is 15.3. The van der Waals surface area contributed by atoms with Crippen molar-refractivity contribution in [1.82, 2.24) is 15.8 Å². The molecule has 1 fully saturated rings. The maximum absolute atomic E-state index is 5.81. The van der Waals surface area contributed by atoms with E-state index >= 15 is 0 Å². The molecule has 6 nitrogen and oxygen atoms in total. The molecule has 0 radical (unpaired) electrons. The summed E-state index contributed by atoms with van der Waals surface area (Å²) in [6.07, 6.45) is 2.19. The average Bonchev–Trinajstić information content (AvgIpc) is 3.28. The number of hydrogen-bond acceptors (Lipinski definition) is 4. The Balaban J connectivity index is 0.00000243. The minimum absolute atomic E-state index is 0.